The fourth-order valence-corrected chi connectivity index (χ4v) is 3.00. The van der Waals surface area contributed by atoms with Gasteiger partial charge in [0.15, 0.2) is 23.0 Å². The molecule has 0 aliphatic carbocycles. The standard InChI is InChI=1S/C22H30O5/c1-15(2)27-18-11-10-16(12-19(18)23-3)8-7-9-17-13-20(24-4)22(26-6)21(14-17)25-5/h10-15H,7-9H2,1-6H3. The summed E-state index contributed by atoms with van der Waals surface area (Å²) < 4.78 is 27.5. The average molecular weight is 374 g/mol. The third-order valence-electron chi connectivity index (χ3n) is 4.25. The summed E-state index contributed by atoms with van der Waals surface area (Å²) in [5, 5.41) is 0. The van der Waals surface area contributed by atoms with Crippen molar-refractivity contribution in [1.82, 2.24) is 0 Å². The minimum Gasteiger partial charge on any atom is -0.493 e. The van der Waals surface area contributed by atoms with Crippen molar-refractivity contribution in [3.63, 3.8) is 0 Å². The van der Waals surface area contributed by atoms with Gasteiger partial charge in [0.1, 0.15) is 0 Å². The van der Waals surface area contributed by atoms with E-state index in [2.05, 4.69) is 6.07 Å². The average Bonchev–Trinajstić information content (AvgIpc) is 2.67. The molecule has 0 aliphatic rings. The molecule has 0 fully saturated rings. The molecule has 0 aliphatic heterocycles. The molecule has 0 bridgehead atoms. The Kier molecular flexibility index (Phi) is 7.65. The Morgan fingerprint density at radius 1 is 0.667 bits per heavy atom. The number of hydrogen-bond acceptors (Lipinski definition) is 5. The van der Waals surface area contributed by atoms with Crippen LogP contribution in [0.4, 0.5) is 0 Å². The first-order valence-electron chi connectivity index (χ1n) is 9.14. The molecule has 148 valence electrons. The van der Waals surface area contributed by atoms with Gasteiger partial charge >= 0.3 is 0 Å². The van der Waals surface area contributed by atoms with Crippen LogP contribution >= 0.6 is 0 Å². The Labute approximate surface area is 162 Å². The van der Waals surface area contributed by atoms with Gasteiger partial charge in [-0.3, -0.25) is 0 Å². The second kappa shape index (κ2) is 9.95. The lowest BCUT2D eigenvalue weighted by molar-refractivity contribution is 0.230. The van der Waals surface area contributed by atoms with E-state index < -0.39 is 0 Å². The van der Waals surface area contributed by atoms with Gasteiger partial charge in [-0.25, -0.2) is 0 Å². The van der Waals surface area contributed by atoms with Crippen molar-refractivity contribution in [2.24, 2.45) is 0 Å². The zero-order valence-corrected chi connectivity index (χ0v) is 17.1. The maximum Gasteiger partial charge on any atom is 0.203 e. The van der Waals surface area contributed by atoms with Crippen LogP contribution in [0.2, 0.25) is 0 Å². The van der Waals surface area contributed by atoms with E-state index in [4.69, 9.17) is 23.7 Å². The zero-order chi connectivity index (χ0) is 19.8. The first kappa shape index (κ1) is 20.7. The van der Waals surface area contributed by atoms with Gasteiger partial charge in [0.2, 0.25) is 5.75 Å². The van der Waals surface area contributed by atoms with Crippen molar-refractivity contribution in [1.29, 1.82) is 0 Å². The highest BCUT2D eigenvalue weighted by Gasteiger charge is 2.13. The molecule has 27 heavy (non-hydrogen) atoms. The van der Waals surface area contributed by atoms with E-state index in [1.807, 2.05) is 38.1 Å². The fourth-order valence-electron chi connectivity index (χ4n) is 3.00. The predicted octanol–water partition coefficient (Wildman–Crippen LogP) is 4.68. The molecule has 0 amide bonds. The van der Waals surface area contributed by atoms with Gasteiger partial charge < -0.3 is 23.7 Å². The third-order valence-corrected chi connectivity index (χ3v) is 4.25. The highest BCUT2D eigenvalue weighted by molar-refractivity contribution is 5.53. The number of hydrogen-bond donors (Lipinski definition) is 0. The van der Waals surface area contributed by atoms with Gasteiger partial charge in [0.05, 0.1) is 34.5 Å². The molecule has 5 nitrogen and oxygen atoms in total. The number of aryl methyl sites for hydroxylation is 2. The summed E-state index contributed by atoms with van der Waals surface area (Å²) in [5.41, 5.74) is 2.37. The predicted molar refractivity (Wildman–Crippen MR) is 107 cm³/mol. The number of ether oxygens (including phenoxy) is 5. The van der Waals surface area contributed by atoms with Gasteiger partial charge in [-0.05, 0) is 68.5 Å². The molecule has 0 saturated heterocycles. The molecule has 2 aromatic carbocycles. The SMILES string of the molecule is COc1cc(CCCc2cc(OC)c(OC)c(OC)c2)ccc1OC(C)C. The number of benzene rings is 2. The molecular formula is C22H30O5. The Morgan fingerprint density at radius 3 is 1.74 bits per heavy atom. The summed E-state index contributed by atoms with van der Waals surface area (Å²) in [6, 6.07) is 10.1. The van der Waals surface area contributed by atoms with Crippen molar-refractivity contribution in [3.05, 3.63) is 41.5 Å². The molecular weight excluding hydrogens is 344 g/mol. The van der Waals surface area contributed by atoms with E-state index in [0.29, 0.717) is 17.2 Å². The topological polar surface area (TPSA) is 46.2 Å². The van der Waals surface area contributed by atoms with E-state index in [-0.39, 0.29) is 6.10 Å². The summed E-state index contributed by atoms with van der Waals surface area (Å²) in [5.74, 6) is 3.54. The minimum atomic E-state index is 0.116. The Bertz CT molecular complexity index is 714. The smallest absolute Gasteiger partial charge is 0.203 e. The largest absolute Gasteiger partial charge is 0.493 e. The maximum absolute atomic E-state index is 5.77. The molecule has 0 unspecified atom stereocenters. The molecule has 2 aromatic rings. The summed E-state index contributed by atoms with van der Waals surface area (Å²) in [6.45, 7) is 4.01. The van der Waals surface area contributed by atoms with Gasteiger partial charge in [-0.1, -0.05) is 6.07 Å². The summed E-state index contributed by atoms with van der Waals surface area (Å²) in [6.07, 6.45) is 2.95. The molecule has 2 rings (SSSR count). The molecule has 5 heteroatoms. The zero-order valence-electron chi connectivity index (χ0n) is 17.1. The normalized spacial score (nSPS) is 10.6. The van der Waals surface area contributed by atoms with Crippen LogP contribution in [-0.2, 0) is 12.8 Å². The van der Waals surface area contributed by atoms with Crippen molar-refractivity contribution < 1.29 is 23.7 Å². The Balaban J connectivity index is 2.06. The van der Waals surface area contributed by atoms with Crippen LogP contribution in [0.15, 0.2) is 30.3 Å². The van der Waals surface area contributed by atoms with E-state index in [0.717, 1.165) is 36.3 Å². The summed E-state index contributed by atoms with van der Waals surface area (Å²) in [7, 11) is 6.55. The van der Waals surface area contributed by atoms with Gasteiger partial charge in [0, 0.05) is 0 Å². The lowest BCUT2D eigenvalue weighted by atomic mass is 10.0. The Hall–Kier alpha value is -2.56. The van der Waals surface area contributed by atoms with Crippen molar-refractivity contribution in [3.8, 4) is 28.7 Å². The lowest BCUT2D eigenvalue weighted by Crippen LogP contribution is -2.06. The fraction of sp³-hybridized carbons (Fsp3) is 0.455. The van der Waals surface area contributed by atoms with Crippen LogP contribution in [0.5, 0.6) is 28.7 Å². The monoisotopic (exact) mass is 374 g/mol. The third kappa shape index (κ3) is 5.46. The first-order valence-corrected chi connectivity index (χ1v) is 9.14. The highest BCUT2D eigenvalue weighted by atomic mass is 16.5. The molecule has 0 heterocycles. The molecule has 0 aromatic heterocycles. The van der Waals surface area contributed by atoms with Crippen molar-refractivity contribution in [2.45, 2.75) is 39.2 Å². The van der Waals surface area contributed by atoms with Crippen molar-refractivity contribution >= 4 is 0 Å². The van der Waals surface area contributed by atoms with E-state index >= 15 is 0 Å². The lowest BCUT2D eigenvalue weighted by Gasteiger charge is -2.15. The first-order chi connectivity index (χ1) is 13.0. The molecule has 0 N–H and O–H groups in total. The van der Waals surface area contributed by atoms with Crippen molar-refractivity contribution in [2.75, 3.05) is 28.4 Å². The maximum atomic E-state index is 5.77. The second-order valence-corrected chi connectivity index (χ2v) is 6.54. The van der Waals surface area contributed by atoms with Crippen LogP contribution in [-0.4, -0.2) is 34.5 Å². The Morgan fingerprint density at radius 2 is 1.22 bits per heavy atom. The molecule has 0 radical (unpaired) electrons. The van der Waals surface area contributed by atoms with Gasteiger partial charge in [-0.15, -0.1) is 0 Å². The second-order valence-electron chi connectivity index (χ2n) is 6.54. The highest BCUT2D eigenvalue weighted by Crippen LogP contribution is 2.38. The summed E-state index contributed by atoms with van der Waals surface area (Å²) >= 11 is 0. The van der Waals surface area contributed by atoms with Crippen LogP contribution in [0.1, 0.15) is 31.4 Å². The quantitative estimate of drug-likeness (QED) is 0.604. The molecule has 0 saturated carbocycles. The summed E-state index contributed by atoms with van der Waals surface area (Å²) in [4.78, 5) is 0. The molecule has 0 spiro atoms. The molecule has 0 atom stereocenters. The minimum absolute atomic E-state index is 0.116. The van der Waals surface area contributed by atoms with Crippen LogP contribution in [0, 0.1) is 0 Å². The van der Waals surface area contributed by atoms with E-state index in [9.17, 15) is 0 Å². The van der Waals surface area contributed by atoms with Gasteiger partial charge in [0.25, 0.3) is 0 Å². The van der Waals surface area contributed by atoms with Crippen LogP contribution < -0.4 is 23.7 Å². The van der Waals surface area contributed by atoms with E-state index in [1.54, 1.807) is 28.4 Å². The van der Waals surface area contributed by atoms with Crippen LogP contribution in [0.3, 0.4) is 0 Å². The van der Waals surface area contributed by atoms with Gasteiger partial charge in [-0.2, -0.15) is 0 Å². The van der Waals surface area contributed by atoms with Crippen LogP contribution in [0.25, 0.3) is 0 Å². The number of methoxy groups -OCH3 is 4. The van der Waals surface area contributed by atoms with E-state index in [1.165, 1.54) is 5.56 Å². The number of rotatable bonds is 10.